The van der Waals surface area contributed by atoms with Crippen LogP contribution in [0.15, 0.2) is 60.7 Å². The lowest BCUT2D eigenvalue weighted by Gasteiger charge is -2.18. The zero-order chi connectivity index (χ0) is 15.1. The molecule has 2 aromatic carbocycles. The number of ketones is 1. The van der Waals surface area contributed by atoms with Gasteiger partial charge in [0.15, 0.2) is 5.78 Å². The van der Waals surface area contributed by atoms with Crippen molar-refractivity contribution in [3.8, 4) is 0 Å². The topological polar surface area (TPSA) is 46.5 Å². The van der Waals surface area contributed by atoms with Crippen molar-refractivity contribution in [1.29, 1.82) is 0 Å². The molecule has 21 heavy (non-hydrogen) atoms. The Balaban J connectivity index is 1.82. The van der Waals surface area contributed by atoms with Gasteiger partial charge >= 0.3 is 0 Å². The van der Waals surface area contributed by atoms with Crippen molar-refractivity contribution in [1.82, 2.24) is 0 Å². The molecule has 2 atom stereocenters. The summed E-state index contributed by atoms with van der Waals surface area (Å²) in [5.74, 6) is -0.578. The minimum Gasteiger partial charge on any atom is -0.388 e. The summed E-state index contributed by atoms with van der Waals surface area (Å²) in [6.45, 7) is 2.15. The summed E-state index contributed by atoms with van der Waals surface area (Å²) in [6.07, 6.45) is -0.793. The molecule has 0 saturated carbocycles. The number of rotatable bonds is 7. The molecule has 0 aliphatic carbocycles. The predicted octanol–water partition coefficient (Wildman–Crippen LogP) is 3.14. The molecule has 0 radical (unpaired) electrons. The van der Waals surface area contributed by atoms with E-state index in [4.69, 9.17) is 4.74 Å². The van der Waals surface area contributed by atoms with Gasteiger partial charge < -0.3 is 9.84 Å². The fourth-order valence-corrected chi connectivity index (χ4v) is 2.09. The molecule has 0 aliphatic heterocycles. The molecule has 2 aromatic rings. The minimum atomic E-state index is -0.793. The summed E-state index contributed by atoms with van der Waals surface area (Å²) < 4.78 is 5.43. The van der Waals surface area contributed by atoms with Gasteiger partial charge in [0.1, 0.15) is 6.61 Å². The molecular weight excluding hydrogens is 264 g/mol. The van der Waals surface area contributed by atoms with E-state index in [1.54, 1.807) is 6.92 Å². The Kier molecular flexibility index (Phi) is 5.67. The predicted molar refractivity (Wildman–Crippen MR) is 81.7 cm³/mol. The molecule has 0 aliphatic rings. The highest BCUT2D eigenvalue weighted by atomic mass is 16.5. The number of carbonyl (C=O) groups excluding carboxylic acids is 1. The summed E-state index contributed by atoms with van der Waals surface area (Å²) in [6, 6.07) is 18.9. The monoisotopic (exact) mass is 284 g/mol. The summed E-state index contributed by atoms with van der Waals surface area (Å²) in [4.78, 5) is 12.1. The lowest BCUT2D eigenvalue weighted by Crippen LogP contribution is -2.23. The maximum atomic E-state index is 12.1. The van der Waals surface area contributed by atoms with Crippen LogP contribution >= 0.6 is 0 Å². The van der Waals surface area contributed by atoms with E-state index in [-0.39, 0.29) is 12.4 Å². The van der Waals surface area contributed by atoms with Crippen LogP contribution < -0.4 is 0 Å². The Morgan fingerprint density at radius 2 is 1.62 bits per heavy atom. The lowest BCUT2D eigenvalue weighted by molar-refractivity contribution is -0.130. The van der Waals surface area contributed by atoms with Crippen LogP contribution in [0.2, 0.25) is 0 Å². The number of Topliss-reactive ketones (excluding diaryl/α,β-unsaturated/α-hetero) is 1. The summed E-state index contributed by atoms with van der Waals surface area (Å²) in [7, 11) is 0. The SMILES string of the molecule is C[C@@H](C(=O)COCc1ccccc1)[C@@H](O)c1ccccc1. The largest absolute Gasteiger partial charge is 0.388 e. The van der Waals surface area contributed by atoms with Crippen LogP contribution in [0.25, 0.3) is 0 Å². The second kappa shape index (κ2) is 7.72. The second-order valence-electron chi connectivity index (χ2n) is 5.09. The molecule has 110 valence electrons. The molecular formula is C18H20O3. The normalized spacial score (nSPS) is 13.6. The molecule has 3 nitrogen and oxygen atoms in total. The Labute approximate surface area is 125 Å². The van der Waals surface area contributed by atoms with Gasteiger partial charge in [-0.2, -0.15) is 0 Å². The first-order chi connectivity index (χ1) is 10.2. The molecule has 0 aromatic heterocycles. The Morgan fingerprint density at radius 3 is 2.24 bits per heavy atom. The van der Waals surface area contributed by atoms with Gasteiger partial charge in [-0.15, -0.1) is 0 Å². The van der Waals surface area contributed by atoms with E-state index in [1.165, 1.54) is 0 Å². The van der Waals surface area contributed by atoms with E-state index in [0.29, 0.717) is 6.61 Å². The van der Waals surface area contributed by atoms with Gasteiger partial charge in [0.25, 0.3) is 0 Å². The lowest BCUT2D eigenvalue weighted by atomic mass is 9.94. The van der Waals surface area contributed by atoms with Crippen molar-refractivity contribution in [2.24, 2.45) is 5.92 Å². The first-order valence-corrected chi connectivity index (χ1v) is 7.06. The van der Waals surface area contributed by atoms with Gasteiger partial charge in [0, 0.05) is 5.92 Å². The van der Waals surface area contributed by atoms with Crippen LogP contribution in [-0.4, -0.2) is 17.5 Å². The van der Waals surface area contributed by atoms with Crippen molar-refractivity contribution in [2.45, 2.75) is 19.6 Å². The van der Waals surface area contributed by atoms with Crippen LogP contribution in [0.4, 0.5) is 0 Å². The standard InChI is InChI=1S/C18H20O3/c1-14(18(20)16-10-6-3-7-11-16)17(19)13-21-12-15-8-4-2-5-9-15/h2-11,14,18,20H,12-13H2,1H3/t14-,18+/m0/s1. The van der Waals surface area contributed by atoms with Crippen LogP contribution in [-0.2, 0) is 16.1 Å². The first kappa shape index (κ1) is 15.4. The van der Waals surface area contributed by atoms with Crippen molar-refractivity contribution >= 4 is 5.78 Å². The van der Waals surface area contributed by atoms with Gasteiger partial charge in [-0.25, -0.2) is 0 Å². The molecule has 0 saturated heterocycles. The van der Waals surface area contributed by atoms with Crippen molar-refractivity contribution in [3.63, 3.8) is 0 Å². The van der Waals surface area contributed by atoms with E-state index in [9.17, 15) is 9.90 Å². The number of aliphatic hydroxyl groups excluding tert-OH is 1. The number of hydrogen-bond donors (Lipinski definition) is 1. The first-order valence-electron chi connectivity index (χ1n) is 7.06. The number of hydrogen-bond acceptors (Lipinski definition) is 3. The summed E-state index contributed by atoms with van der Waals surface area (Å²) in [5.41, 5.74) is 1.78. The fourth-order valence-electron chi connectivity index (χ4n) is 2.09. The molecule has 0 bridgehead atoms. The summed E-state index contributed by atoms with van der Waals surface area (Å²) in [5, 5.41) is 10.2. The van der Waals surface area contributed by atoms with Gasteiger partial charge in [-0.3, -0.25) is 4.79 Å². The van der Waals surface area contributed by atoms with Gasteiger partial charge in [0.05, 0.1) is 12.7 Å². The van der Waals surface area contributed by atoms with Gasteiger partial charge in [-0.1, -0.05) is 67.6 Å². The number of ether oxygens (including phenoxy) is 1. The molecule has 0 unspecified atom stereocenters. The molecule has 3 heteroatoms. The summed E-state index contributed by atoms with van der Waals surface area (Å²) >= 11 is 0. The second-order valence-corrected chi connectivity index (χ2v) is 5.09. The number of carbonyl (C=O) groups is 1. The zero-order valence-corrected chi connectivity index (χ0v) is 12.1. The number of benzene rings is 2. The van der Waals surface area contributed by atoms with E-state index >= 15 is 0 Å². The van der Waals surface area contributed by atoms with Crippen LogP contribution in [0.3, 0.4) is 0 Å². The third-order valence-electron chi connectivity index (χ3n) is 3.48. The Morgan fingerprint density at radius 1 is 1.05 bits per heavy atom. The molecule has 1 N–H and O–H groups in total. The number of aliphatic hydroxyl groups is 1. The van der Waals surface area contributed by atoms with Gasteiger partial charge in [0.2, 0.25) is 0 Å². The average molecular weight is 284 g/mol. The highest BCUT2D eigenvalue weighted by molar-refractivity contribution is 5.82. The highest BCUT2D eigenvalue weighted by Gasteiger charge is 2.23. The van der Waals surface area contributed by atoms with Gasteiger partial charge in [-0.05, 0) is 11.1 Å². The fraction of sp³-hybridized carbons (Fsp3) is 0.278. The van der Waals surface area contributed by atoms with Crippen molar-refractivity contribution in [2.75, 3.05) is 6.61 Å². The molecule has 2 rings (SSSR count). The van der Waals surface area contributed by atoms with Crippen molar-refractivity contribution < 1.29 is 14.6 Å². The van der Waals surface area contributed by atoms with Crippen LogP contribution in [0.5, 0.6) is 0 Å². The highest BCUT2D eigenvalue weighted by Crippen LogP contribution is 2.22. The van der Waals surface area contributed by atoms with Crippen LogP contribution in [0.1, 0.15) is 24.2 Å². The van der Waals surface area contributed by atoms with E-state index in [2.05, 4.69) is 0 Å². The average Bonchev–Trinajstić information content (AvgIpc) is 2.55. The Hall–Kier alpha value is -1.97. The smallest absolute Gasteiger partial charge is 0.164 e. The quantitative estimate of drug-likeness (QED) is 0.849. The Bertz CT molecular complexity index is 551. The third kappa shape index (κ3) is 4.52. The minimum absolute atomic E-state index is 0.0138. The van der Waals surface area contributed by atoms with E-state index < -0.39 is 12.0 Å². The van der Waals surface area contributed by atoms with Crippen molar-refractivity contribution in [3.05, 3.63) is 71.8 Å². The molecule has 0 heterocycles. The van der Waals surface area contributed by atoms with E-state index in [0.717, 1.165) is 11.1 Å². The molecule has 0 spiro atoms. The van der Waals surface area contributed by atoms with Crippen LogP contribution in [0, 0.1) is 5.92 Å². The maximum absolute atomic E-state index is 12.1. The van der Waals surface area contributed by atoms with E-state index in [1.807, 2.05) is 60.7 Å². The maximum Gasteiger partial charge on any atom is 0.164 e. The molecule has 0 amide bonds. The molecule has 0 fully saturated rings. The zero-order valence-electron chi connectivity index (χ0n) is 12.1. The third-order valence-corrected chi connectivity index (χ3v) is 3.48.